The molecular formula is C11H13BrN2O2. The second kappa shape index (κ2) is 4.93. The van der Waals surface area contributed by atoms with Gasteiger partial charge < -0.3 is 5.11 Å². The van der Waals surface area contributed by atoms with Crippen LogP contribution in [0.3, 0.4) is 0 Å². The van der Waals surface area contributed by atoms with Gasteiger partial charge in [-0.3, -0.25) is 9.69 Å². The summed E-state index contributed by atoms with van der Waals surface area (Å²) in [6, 6.07) is 5.35. The van der Waals surface area contributed by atoms with Crippen LogP contribution < -0.4 is 0 Å². The largest absolute Gasteiger partial charge is 0.480 e. The van der Waals surface area contributed by atoms with Gasteiger partial charge in [0.2, 0.25) is 0 Å². The summed E-state index contributed by atoms with van der Waals surface area (Å²) < 4.78 is 0.788. The highest BCUT2D eigenvalue weighted by Gasteiger charge is 2.30. The van der Waals surface area contributed by atoms with Gasteiger partial charge in [0.1, 0.15) is 10.6 Å². The van der Waals surface area contributed by atoms with Crippen LogP contribution in [-0.4, -0.2) is 33.5 Å². The highest BCUT2D eigenvalue weighted by Crippen LogP contribution is 2.20. The normalized spacial score (nSPS) is 21.2. The van der Waals surface area contributed by atoms with E-state index >= 15 is 0 Å². The van der Waals surface area contributed by atoms with Gasteiger partial charge in [-0.1, -0.05) is 6.07 Å². The third-order valence-electron chi connectivity index (χ3n) is 2.79. The summed E-state index contributed by atoms with van der Waals surface area (Å²) in [4.78, 5) is 17.3. The van der Waals surface area contributed by atoms with Crippen molar-refractivity contribution in [3.05, 3.63) is 28.5 Å². The molecule has 0 bridgehead atoms. The van der Waals surface area contributed by atoms with Crippen LogP contribution in [0.2, 0.25) is 0 Å². The standard InChI is InChI=1S/C11H13BrN2O2/c12-10-5-1-3-8(13-10)7-14-6-2-4-9(14)11(15)16/h1,3,5,9H,2,4,6-7H2,(H,15,16). The molecule has 1 N–H and O–H groups in total. The first-order valence-electron chi connectivity index (χ1n) is 5.25. The molecular weight excluding hydrogens is 272 g/mol. The molecule has 1 unspecified atom stereocenters. The SMILES string of the molecule is O=C(O)C1CCCN1Cc1cccc(Br)n1. The fraction of sp³-hybridized carbons (Fsp3) is 0.455. The monoisotopic (exact) mass is 284 g/mol. The zero-order valence-corrected chi connectivity index (χ0v) is 10.4. The van der Waals surface area contributed by atoms with Crippen molar-refractivity contribution in [3.8, 4) is 0 Å². The van der Waals surface area contributed by atoms with Crippen molar-refractivity contribution in [2.75, 3.05) is 6.54 Å². The lowest BCUT2D eigenvalue weighted by Crippen LogP contribution is -2.35. The van der Waals surface area contributed by atoms with E-state index in [2.05, 4.69) is 20.9 Å². The molecule has 1 saturated heterocycles. The van der Waals surface area contributed by atoms with Crippen LogP contribution in [-0.2, 0) is 11.3 Å². The van der Waals surface area contributed by atoms with Gasteiger partial charge in [0.15, 0.2) is 0 Å². The number of aromatic nitrogens is 1. The summed E-state index contributed by atoms with van der Waals surface area (Å²) in [5.74, 6) is -0.729. The summed E-state index contributed by atoms with van der Waals surface area (Å²) in [7, 11) is 0. The molecule has 1 aromatic rings. The lowest BCUT2D eigenvalue weighted by Gasteiger charge is -2.20. The summed E-state index contributed by atoms with van der Waals surface area (Å²) in [5.41, 5.74) is 0.905. The van der Waals surface area contributed by atoms with E-state index in [1.807, 2.05) is 23.1 Å². The predicted molar refractivity (Wildman–Crippen MR) is 63.0 cm³/mol. The fourth-order valence-electron chi connectivity index (χ4n) is 2.04. The van der Waals surface area contributed by atoms with E-state index in [9.17, 15) is 4.79 Å². The Kier molecular flexibility index (Phi) is 3.56. The van der Waals surface area contributed by atoms with Crippen LogP contribution in [0, 0.1) is 0 Å². The molecule has 2 heterocycles. The predicted octanol–water partition coefficient (Wildman–Crippen LogP) is 1.89. The molecule has 4 nitrogen and oxygen atoms in total. The van der Waals surface area contributed by atoms with E-state index in [1.165, 1.54) is 0 Å². The van der Waals surface area contributed by atoms with Gasteiger partial charge in [0.25, 0.3) is 0 Å². The molecule has 1 fully saturated rings. The van der Waals surface area contributed by atoms with E-state index < -0.39 is 5.97 Å². The summed E-state index contributed by atoms with van der Waals surface area (Å²) in [5, 5.41) is 9.04. The van der Waals surface area contributed by atoms with E-state index in [-0.39, 0.29) is 6.04 Å². The minimum atomic E-state index is -0.729. The molecule has 2 rings (SSSR count). The van der Waals surface area contributed by atoms with Crippen LogP contribution in [0.15, 0.2) is 22.8 Å². The van der Waals surface area contributed by atoms with Crippen molar-refractivity contribution in [1.82, 2.24) is 9.88 Å². The van der Waals surface area contributed by atoms with Gasteiger partial charge in [-0.05, 0) is 47.4 Å². The maximum Gasteiger partial charge on any atom is 0.320 e. The van der Waals surface area contributed by atoms with Crippen LogP contribution >= 0.6 is 15.9 Å². The Morgan fingerprint density at radius 3 is 3.12 bits per heavy atom. The van der Waals surface area contributed by atoms with Crippen LogP contribution in [0.25, 0.3) is 0 Å². The first-order chi connectivity index (χ1) is 7.66. The molecule has 0 saturated carbocycles. The zero-order valence-electron chi connectivity index (χ0n) is 8.77. The molecule has 86 valence electrons. The molecule has 0 aromatic carbocycles. The number of carboxylic acids is 1. The minimum Gasteiger partial charge on any atom is -0.480 e. The molecule has 5 heteroatoms. The first kappa shape index (κ1) is 11.5. The number of likely N-dealkylation sites (tertiary alicyclic amines) is 1. The molecule has 1 aliphatic heterocycles. The van der Waals surface area contributed by atoms with Crippen molar-refractivity contribution >= 4 is 21.9 Å². The van der Waals surface area contributed by atoms with Crippen molar-refractivity contribution in [2.24, 2.45) is 0 Å². The molecule has 0 amide bonds. The second-order valence-electron chi connectivity index (χ2n) is 3.92. The van der Waals surface area contributed by atoms with Gasteiger partial charge in [0.05, 0.1) is 5.69 Å². The third-order valence-corrected chi connectivity index (χ3v) is 3.23. The number of hydrogen-bond acceptors (Lipinski definition) is 3. The Balaban J connectivity index is 2.06. The van der Waals surface area contributed by atoms with Crippen molar-refractivity contribution in [3.63, 3.8) is 0 Å². The molecule has 16 heavy (non-hydrogen) atoms. The molecule has 1 atom stereocenters. The third kappa shape index (κ3) is 2.59. The molecule has 0 spiro atoms. The van der Waals surface area contributed by atoms with Crippen molar-refractivity contribution < 1.29 is 9.90 Å². The zero-order chi connectivity index (χ0) is 11.5. The van der Waals surface area contributed by atoms with Crippen molar-refractivity contribution in [1.29, 1.82) is 0 Å². The lowest BCUT2D eigenvalue weighted by atomic mass is 10.2. The minimum absolute atomic E-state index is 0.346. The van der Waals surface area contributed by atoms with Crippen LogP contribution in [0.4, 0.5) is 0 Å². The average molecular weight is 285 g/mol. The second-order valence-corrected chi connectivity index (χ2v) is 4.73. The van der Waals surface area contributed by atoms with E-state index in [4.69, 9.17) is 5.11 Å². The van der Waals surface area contributed by atoms with E-state index in [1.54, 1.807) is 0 Å². The van der Waals surface area contributed by atoms with Gasteiger partial charge in [0, 0.05) is 6.54 Å². The Bertz CT molecular complexity index is 397. The Morgan fingerprint density at radius 1 is 1.62 bits per heavy atom. The van der Waals surface area contributed by atoms with Gasteiger partial charge in [-0.25, -0.2) is 4.98 Å². The number of carboxylic acid groups (broad SMARTS) is 1. The number of rotatable bonds is 3. The van der Waals surface area contributed by atoms with E-state index in [0.29, 0.717) is 6.54 Å². The number of hydrogen-bond donors (Lipinski definition) is 1. The molecule has 0 aliphatic carbocycles. The van der Waals surface area contributed by atoms with E-state index in [0.717, 1.165) is 29.7 Å². The highest BCUT2D eigenvalue weighted by molar-refractivity contribution is 9.10. The quantitative estimate of drug-likeness (QED) is 0.862. The smallest absolute Gasteiger partial charge is 0.320 e. The lowest BCUT2D eigenvalue weighted by molar-refractivity contribution is -0.142. The Morgan fingerprint density at radius 2 is 2.44 bits per heavy atom. The van der Waals surface area contributed by atoms with Gasteiger partial charge >= 0.3 is 5.97 Å². The fourth-order valence-corrected chi connectivity index (χ4v) is 2.42. The summed E-state index contributed by atoms with van der Waals surface area (Å²) in [6.45, 7) is 1.45. The summed E-state index contributed by atoms with van der Waals surface area (Å²) in [6.07, 6.45) is 1.69. The summed E-state index contributed by atoms with van der Waals surface area (Å²) >= 11 is 3.31. The maximum atomic E-state index is 11.0. The molecule has 0 radical (unpaired) electrons. The molecule has 1 aliphatic rings. The number of carbonyl (C=O) groups is 1. The Hall–Kier alpha value is -0.940. The maximum absolute atomic E-state index is 11.0. The average Bonchev–Trinajstić information content (AvgIpc) is 2.66. The van der Waals surface area contributed by atoms with Gasteiger partial charge in [-0.15, -0.1) is 0 Å². The number of aliphatic carboxylic acids is 1. The van der Waals surface area contributed by atoms with Crippen molar-refractivity contribution in [2.45, 2.75) is 25.4 Å². The Labute approximate surface area is 102 Å². The topological polar surface area (TPSA) is 53.4 Å². The molecule has 1 aromatic heterocycles. The van der Waals surface area contributed by atoms with Gasteiger partial charge in [-0.2, -0.15) is 0 Å². The van der Waals surface area contributed by atoms with Crippen LogP contribution in [0.1, 0.15) is 18.5 Å². The number of pyridine rings is 1. The van der Waals surface area contributed by atoms with Crippen LogP contribution in [0.5, 0.6) is 0 Å². The first-order valence-corrected chi connectivity index (χ1v) is 6.04. The highest BCUT2D eigenvalue weighted by atomic mass is 79.9. The number of nitrogens with zero attached hydrogens (tertiary/aromatic N) is 2. The number of halogens is 1.